The summed E-state index contributed by atoms with van der Waals surface area (Å²) in [6.45, 7) is 8.13. The lowest BCUT2D eigenvalue weighted by molar-refractivity contribution is 0.0151. The Hall–Kier alpha value is -0.0231. The number of hydrogen-bond acceptors (Lipinski definition) is 6. The summed E-state index contributed by atoms with van der Waals surface area (Å²) in [5, 5.41) is 10.2. The SMILES string of the molecule is CCCCN(CCCC)CC(O)COCCC[Si](OC)(OC)OC. The Bertz CT molecular complexity index is 263. The van der Waals surface area contributed by atoms with Gasteiger partial charge in [0, 0.05) is 40.5 Å². The molecule has 7 heteroatoms. The molecule has 0 spiro atoms. The number of ether oxygens (including phenoxy) is 1. The second-order valence-electron chi connectivity index (χ2n) is 6.14. The van der Waals surface area contributed by atoms with E-state index in [1.807, 2.05) is 0 Å². The normalized spacial score (nSPS) is 13.6. The number of unbranched alkanes of at least 4 members (excludes halogenated alkanes) is 2. The lowest BCUT2D eigenvalue weighted by atomic mass is 10.2. The van der Waals surface area contributed by atoms with Gasteiger partial charge in [-0.1, -0.05) is 26.7 Å². The van der Waals surface area contributed by atoms with Gasteiger partial charge >= 0.3 is 8.80 Å². The summed E-state index contributed by atoms with van der Waals surface area (Å²) >= 11 is 0. The fourth-order valence-electron chi connectivity index (χ4n) is 2.57. The number of hydrogen-bond donors (Lipinski definition) is 1. The Balaban J connectivity index is 3.95. The van der Waals surface area contributed by atoms with Crippen LogP contribution < -0.4 is 0 Å². The molecule has 0 aliphatic rings. The first-order chi connectivity index (χ1) is 11.6. The molecule has 0 heterocycles. The predicted molar refractivity (Wildman–Crippen MR) is 99.3 cm³/mol. The summed E-state index contributed by atoms with van der Waals surface area (Å²) in [5.74, 6) is 0. The molecule has 1 atom stereocenters. The molecule has 1 N–H and O–H groups in total. The Kier molecular flexibility index (Phi) is 15.2. The highest BCUT2D eigenvalue weighted by Gasteiger charge is 2.36. The zero-order valence-corrected chi connectivity index (χ0v) is 17.4. The fraction of sp³-hybridized carbons (Fsp3) is 1.00. The van der Waals surface area contributed by atoms with E-state index in [-0.39, 0.29) is 0 Å². The molecule has 0 aromatic heterocycles. The van der Waals surface area contributed by atoms with Crippen LogP contribution in [-0.2, 0) is 18.0 Å². The van der Waals surface area contributed by atoms with Crippen molar-refractivity contribution in [3.8, 4) is 0 Å². The van der Waals surface area contributed by atoms with Gasteiger partial charge in [0.15, 0.2) is 0 Å². The second-order valence-corrected chi connectivity index (χ2v) is 9.23. The smallest absolute Gasteiger partial charge is 0.389 e. The van der Waals surface area contributed by atoms with Crippen LogP contribution in [0.3, 0.4) is 0 Å². The molecule has 0 aliphatic heterocycles. The summed E-state index contributed by atoms with van der Waals surface area (Å²) in [6.07, 6.45) is 5.07. The van der Waals surface area contributed by atoms with Crippen LogP contribution in [0.1, 0.15) is 46.0 Å². The molecular weight excluding hydrogens is 326 g/mol. The van der Waals surface area contributed by atoms with E-state index >= 15 is 0 Å². The van der Waals surface area contributed by atoms with Crippen molar-refractivity contribution in [3.05, 3.63) is 0 Å². The average molecular weight is 366 g/mol. The molecule has 1 unspecified atom stereocenters. The molecule has 0 rings (SSSR count). The summed E-state index contributed by atoms with van der Waals surface area (Å²) in [6, 6.07) is 0.714. The lowest BCUT2D eigenvalue weighted by Gasteiger charge is -2.25. The second kappa shape index (κ2) is 15.2. The maximum absolute atomic E-state index is 10.2. The van der Waals surface area contributed by atoms with Gasteiger partial charge in [0.2, 0.25) is 0 Å². The molecule has 24 heavy (non-hydrogen) atoms. The first-order valence-electron chi connectivity index (χ1n) is 9.21. The summed E-state index contributed by atoms with van der Waals surface area (Å²) in [4.78, 5) is 2.35. The Morgan fingerprint density at radius 2 is 1.46 bits per heavy atom. The highest BCUT2D eigenvalue weighted by molar-refractivity contribution is 6.60. The third kappa shape index (κ3) is 10.8. The van der Waals surface area contributed by atoms with E-state index in [9.17, 15) is 5.11 Å². The van der Waals surface area contributed by atoms with Gasteiger partial charge < -0.3 is 28.0 Å². The average Bonchev–Trinajstić information content (AvgIpc) is 2.61. The standard InChI is InChI=1S/C17H39NO5Si/c1-6-8-11-18(12-9-7-2)15-17(19)16-23-13-10-14-24(20-3,21-4)22-5/h17,19H,6-16H2,1-5H3. The zero-order chi connectivity index (χ0) is 18.3. The summed E-state index contributed by atoms with van der Waals surface area (Å²) in [7, 11) is 2.35. The molecule has 0 aromatic carbocycles. The molecular formula is C17H39NO5Si. The molecule has 146 valence electrons. The third-order valence-electron chi connectivity index (χ3n) is 4.14. The molecule has 0 fully saturated rings. The molecule has 0 saturated heterocycles. The van der Waals surface area contributed by atoms with Gasteiger partial charge in [0.25, 0.3) is 0 Å². The van der Waals surface area contributed by atoms with Gasteiger partial charge in [0.1, 0.15) is 0 Å². The minimum absolute atomic E-state index is 0.371. The van der Waals surface area contributed by atoms with Gasteiger partial charge in [-0.15, -0.1) is 0 Å². The van der Waals surface area contributed by atoms with Crippen LogP contribution in [0.25, 0.3) is 0 Å². The van der Waals surface area contributed by atoms with Crippen LogP contribution >= 0.6 is 0 Å². The van der Waals surface area contributed by atoms with Gasteiger partial charge in [-0.2, -0.15) is 0 Å². The predicted octanol–water partition coefficient (Wildman–Crippen LogP) is 2.53. The van der Waals surface area contributed by atoms with Gasteiger partial charge in [-0.3, -0.25) is 0 Å². The lowest BCUT2D eigenvalue weighted by Crippen LogP contribution is -2.42. The molecule has 0 aliphatic carbocycles. The van der Waals surface area contributed by atoms with E-state index in [1.165, 1.54) is 25.7 Å². The zero-order valence-electron chi connectivity index (χ0n) is 16.4. The number of aliphatic hydroxyl groups is 1. The largest absolute Gasteiger partial charge is 0.500 e. The minimum Gasteiger partial charge on any atom is -0.389 e. The minimum atomic E-state index is -2.50. The molecule has 0 amide bonds. The van der Waals surface area contributed by atoms with Crippen LogP contribution in [0, 0.1) is 0 Å². The van der Waals surface area contributed by atoms with Crippen LogP contribution in [0.2, 0.25) is 6.04 Å². The fourth-order valence-corrected chi connectivity index (χ4v) is 4.26. The van der Waals surface area contributed by atoms with Gasteiger partial charge in [0.05, 0.1) is 12.7 Å². The summed E-state index contributed by atoms with van der Waals surface area (Å²) in [5.41, 5.74) is 0. The summed E-state index contributed by atoms with van der Waals surface area (Å²) < 4.78 is 21.7. The van der Waals surface area contributed by atoms with Crippen LogP contribution in [0.4, 0.5) is 0 Å². The van der Waals surface area contributed by atoms with E-state index in [0.717, 1.165) is 19.5 Å². The van der Waals surface area contributed by atoms with Crippen molar-refractivity contribution < 1.29 is 23.1 Å². The quantitative estimate of drug-likeness (QED) is 0.316. The third-order valence-corrected chi connectivity index (χ3v) is 6.97. The van der Waals surface area contributed by atoms with E-state index in [0.29, 0.717) is 25.8 Å². The number of aliphatic hydroxyl groups excluding tert-OH is 1. The first kappa shape index (κ1) is 24.0. The highest BCUT2D eigenvalue weighted by atomic mass is 28.4. The van der Waals surface area contributed by atoms with E-state index in [1.54, 1.807) is 21.3 Å². The van der Waals surface area contributed by atoms with E-state index < -0.39 is 14.9 Å². The highest BCUT2D eigenvalue weighted by Crippen LogP contribution is 2.14. The topological polar surface area (TPSA) is 60.4 Å². The molecule has 0 radical (unpaired) electrons. The van der Waals surface area contributed by atoms with Crippen molar-refractivity contribution >= 4 is 8.80 Å². The van der Waals surface area contributed by atoms with E-state index in [2.05, 4.69) is 18.7 Å². The van der Waals surface area contributed by atoms with Crippen LogP contribution in [0.15, 0.2) is 0 Å². The van der Waals surface area contributed by atoms with Crippen molar-refractivity contribution in [1.29, 1.82) is 0 Å². The molecule has 0 bridgehead atoms. The van der Waals surface area contributed by atoms with Gasteiger partial charge in [-0.25, -0.2) is 0 Å². The van der Waals surface area contributed by atoms with Crippen molar-refractivity contribution in [2.75, 3.05) is 54.2 Å². The molecule has 6 nitrogen and oxygen atoms in total. The van der Waals surface area contributed by atoms with Crippen LogP contribution in [0.5, 0.6) is 0 Å². The van der Waals surface area contributed by atoms with Crippen molar-refractivity contribution in [2.45, 2.75) is 58.1 Å². The number of rotatable bonds is 17. The van der Waals surface area contributed by atoms with Crippen LogP contribution in [-0.4, -0.2) is 79.1 Å². The maximum Gasteiger partial charge on any atom is 0.500 e. The first-order valence-corrected chi connectivity index (χ1v) is 11.1. The molecule has 0 aromatic rings. The van der Waals surface area contributed by atoms with Crippen molar-refractivity contribution in [1.82, 2.24) is 4.90 Å². The van der Waals surface area contributed by atoms with Crippen molar-refractivity contribution in [2.24, 2.45) is 0 Å². The van der Waals surface area contributed by atoms with Gasteiger partial charge in [-0.05, 0) is 32.4 Å². The van der Waals surface area contributed by atoms with Crippen molar-refractivity contribution in [3.63, 3.8) is 0 Å². The van der Waals surface area contributed by atoms with E-state index in [4.69, 9.17) is 18.0 Å². The Labute approximate surface area is 149 Å². The Morgan fingerprint density at radius 3 is 1.92 bits per heavy atom. The maximum atomic E-state index is 10.2. The number of nitrogens with zero attached hydrogens (tertiary/aromatic N) is 1. The molecule has 0 saturated carbocycles. The monoisotopic (exact) mass is 365 g/mol. The Morgan fingerprint density at radius 1 is 0.917 bits per heavy atom.